The van der Waals surface area contributed by atoms with Crippen LogP contribution in [0.25, 0.3) is 0 Å². The average molecular weight is 260 g/mol. The van der Waals surface area contributed by atoms with Gasteiger partial charge in [-0.1, -0.05) is 23.2 Å². The van der Waals surface area contributed by atoms with Gasteiger partial charge < -0.3 is 10.1 Å². The molecule has 2 nitrogen and oxygen atoms in total. The quantitative estimate of drug-likeness (QED) is 0.792. The Hall–Kier alpha value is -0.440. The minimum atomic E-state index is 0.565. The molecule has 1 aliphatic rings. The van der Waals surface area contributed by atoms with Crippen LogP contribution in [0.15, 0.2) is 18.2 Å². The van der Waals surface area contributed by atoms with E-state index in [2.05, 4.69) is 5.32 Å². The van der Waals surface area contributed by atoms with Gasteiger partial charge in [0.1, 0.15) is 12.4 Å². The summed E-state index contributed by atoms with van der Waals surface area (Å²) in [6, 6.07) is 5.27. The van der Waals surface area contributed by atoms with E-state index in [1.807, 2.05) is 0 Å². The highest BCUT2D eigenvalue weighted by Gasteiger charge is 2.19. The van der Waals surface area contributed by atoms with Crippen molar-refractivity contribution >= 4 is 23.2 Å². The van der Waals surface area contributed by atoms with Crippen LogP contribution in [0.1, 0.15) is 12.8 Å². The summed E-state index contributed by atoms with van der Waals surface area (Å²) in [5, 5.41) is 4.55. The predicted molar refractivity (Wildman–Crippen MR) is 67.6 cm³/mol. The maximum atomic E-state index is 5.97. The first-order chi connectivity index (χ1) is 7.75. The van der Waals surface area contributed by atoms with Crippen molar-refractivity contribution in [1.82, 2.24) is 5.32 Å². The predicted octanol–water partition coefficient (Wildman–Crippen LogP) is 3.37. The Morgan fingerprint density at radius 3 is 2.81 bits per heavy atom. The number of benzene rings is 1. The lowest BCUT2D eigenvalue weighted by Crippen LogP contribution is -2.23. The van der Waals surface area contributed by atoms with Gasteiger partial charge in [-0.3, -0.25) is 0 Å². The Kier molecular flexibility index (Phi) is 4.33. The first kappa shape index (κ1) is 12.0. The summed E-state index contributed by atoms with van der Waals surface area (Å²) < 4.78 is 5.54. The van der Waals surface area contributed by atoms with E-state index in [-0.39, 0.29) is 0 Å². The van der Waals surface area contributed by atoms with E-state index in [1.165, 1.54) is 12.8 Å². The van der Waals surface area contributed by atoms with Crippen LogP contribution >= 0.6 is 23.2 Å². The molecule has 0 amide bonds. The molecule has 2 rings (SSSR count). The normalized spacial score (nSPS) is 15.1. The first-order valence-corrected chi connectivity index (χ1v) is 6.30. The Balaban J connectivity index is 1.67. The van der Waals surface area contributed by atoms with Crippen LogP contribution in [0.5, 0.6) is 5.75 Å². The zero-order valence-corrected chi connectivity index (χ0v) is 10.5. The van der Waals surface area contributed by atoms with Crippen molar-refractivity contribution in [2.45, 2.75) is 12.8 Å². The first-order valence-electron chi connectivity index (χ1n) is 5.54. The van der Waals surface area contributed by atoms with Crippen molar-refractivity contribution in [3.63, 3.8) is 0 Å². The molecule has 0 saturated heterocycles. The van der Waals surface area contributed by atoms with Crippen molar-refractivity contribution in [3.8, 4) is 5.75 Å². The fourth-order valence-electron chi connectivity index (χ4n) is 1.45. The summed E-state index contributed by atoms with van der Waals surface area (Å²) in [5.74, 6) is 1.60. The smallest absolute Gasteiger partial charge is 0.138 e. The third-order valence-corrected chi connectivity index (χ3v) is 3.09. The second-order valence-electron chi connectivity index (χ2n) is 4.07. The van der Waals surface area contributed by atoms with E-state index >= 15 is 0 Å². The number of rotatable bonds is 6. The van der Waals surface area contributed by atoms with Crippen LogP contribution in [0, 0.1) is 5.92 Å². The molecule has 0 aliphatic heterocycles. The van der Waals surface area contributed by atoms with E-state index in [0.29, 0.717) is 22.4 Å². The Morgan fingerprint density at radius 2 is 2.12 bits per heavy atom. The van der Waals surface area contributed by atoms with Gasteiger partial charge in [-0.2, -0.15) is 0 Å². The van der Waals surface area contributed by atoms with Crippen LogP contribution in [0.3, 0.4) is 0 Å². The van der Waals surface area contributed by atoms with E-state index < -0.39 is 0 Å². The molecule has 1 aliphatic carbocycles. The molecule has 0 atom stereocenters. The van der Waals surface area contributed by atoms with Gasteiger partial charge in [0, 0.05) is 11.6 Å². The molecular formula is C12H15Cl2NO. The zero-order valence-electron chi connectivity index (χ0n) is 9.01. The maximum absolute atomic E-state index is 5.97. The highest BCUT2D eigenvalue weighted by Crippen LogP contribution is 2.28. The molecular weight excluding hydrogens is 245 g/mol. The van der Waals surface area contributed by atoms with E-state index in [4.69, 9.17) is 27.9 Å². The summed E-state index contributed by atoms with van der Waals surface area (Å²) in [4.78, 5) is 0. The summed E-state index contributed by atoms with van der Waals surface area (Å²) in [7, 11) is 0. The van der Waals surface area contributed by atoms with Gasteiger partial charge in [-0.15, -0.1) is 0 Å². The monoisotopic (exact) mass is 259 g/mol. The van der Waals surface area contributed by atoms with Crippen molar-refractivity contribution in [2.75, 3.05) is 19.7 Å². The van der Waals surface area contributed by atoms with E-state index in [9.17, 15) is 0 Å². The molecule has 0 unspecified atom stereocenters. The topological polar surface area (TPSA) is 21.3 Å². The highest BCUT2D eigenvalue weighted by atomic mass is 35.5. The van der Waals surface area contributed by atoms with Gasteiger partial charge in [0.25, 0.3) is 0 Å². The van der Waals surface area contributed by atoms with Crippen LogP contribution in [0.2, 0.25) is 10.0 Å². The van der Waals surface area contributed by atoms with Gasteiger partial charge in [0.05, 0.1) is 5.02 Å². The molecule has 0 aromatic heterocycles. The van der Waals surface area contributed by atoms with Crippen molar-refractivity contribution in [3.05, 3.63) is 28.2 Å². The standard InChI is InChI=1S/C12H15Cl2NO/c13-10-3-4-12(11(14)7-10)16-6-5-15-8-9-1-2-9/h3-4,7,9,15H,1-2,5-6,8H2. The van der Waals surface area contributed by atoms with Crippen LogP contribution in [-0.4, -0.2) is 19.7 Å². The third kappa shape index (κ3) is 3.85. The Bertz CT molecular complexity index is 353. The minimum absolute atomic E-state index is 0.565. The van der Waals surface area contributed by atoms with Crippen molar-refractivity contribution < 1.29 is 4.74 Å². The molecule has 1 saturated carbocycles. The Labute approximate surface area is 106 Å². The fraction of sp³-hybridized carbons (Fsp3) is 0.500. The average Bonchev–Trinajstić information content (AvgIpc) is 3.04. The molecule has 0 bridgehead atoms. The molecule has 0 heterocycles. The van der Waals surface area contributed by atoms with Crippen LogP contribution < -0.4 is 10.1 Å². The van der Waals surface area contributed by atoms with Crippen molar-refractivity contribution in [2.24, 2.45) is 5.92 Å². The fourth-order valence-corrected chi connectivity index (χ4v) is 1.92. The number of ether oxygens (including phenoxy) is 1. The van der Waals surface area contributed by atoms with Crippen LogP contribution in [-0.2, 0) is 0 Å². The molecule has 1 aromatic carbocycles. The van der Waals surface area contributed by atoms with Crippen molar-refractivity contribution in [1.29, 1.82) is 0 Å². The molecule has 4 heteroatoms. The maximum Gasteiger partial charge on any atom is 0.138 e. The van der Waals surface area contributed by atoms with Gasteiger partial charge in [-0.05, 0) is 43.5 Å². The zero-order chi connectivity index (χ0) is 11.4. The summed E-state index contributed by atoms with van der Waals surface area (Å²) in [6.07, 6.45) is 2.74. The third-order valence-electron chi connectivity index (χ3n) is 2.56. The largest absolute Gasteiger partial charge is 0.491 e. The Morgan fingerprint density at radius 1 is 1.31 bits per heavy atom. The van der Waals surface area contributed by atoms with E-state index in [1.54, 1.807) is 18.2 Å². The SMILES string of the molecule is Clc1ccc(OCCNCC2CC2)c(Cl)c1. The molecule has 16 heavy (non-hydrogen) atoms. The molecule has 1 aromatic rings. The molecule has 88 valence electrons. The summed E-state index contributed by atoms with van der Waals surface area (Å²) >= 11 is 11.8. The molecule has 1 N–H and O–H groups in total. The number of hydrogen-bond acceptors (Lipinski definition) is 2. The summed E-state index contributed by atoms with van der Waals surface area (Å²) in [6.45, 7) is 2.60. The van der Waals surface area contributed by atoms with Gasteiger partial charge in [-0.25, -0.2) is 0 Å². The second kappa shape index (κ2) is 5.76. The van der Waals surface area contributed by atoms with Gasteiger partial charge >= 0.3 is 0 Å². The highest BCUT2D eigenvalue weighted by molar-refractivity contribution is 6.35. The lowest BCUT2D eigenvalue weighted by atomic mass is 10.3. The minimum Gasteiger partial charge on any atom is -0.491 e. The number of hydrogen-bond donors (Lipinski definition) is 1. The lowest BCUT2D eigenvalue weighted by molar-refractivity contribution is 0.313. The van der Waals surface area contributed by atoms with Gasteiger partial charge in [0.2, 0.25) is 0 Å². The van der Waals surface area contributed by atoms with Crippen LogP contribution in [0.4, 0.5) is 0 Å². The number of nitrogens with one attached hydrogen (secondary N) is 1. The summed E-state index contributed by atoms with van der Waals surface area (Å²) in [5.41, 5.74) is 0. The molecule has 0 spiro atoms. The molecule has 1 fully saturated rings. The van der Waals surface area contributed by atoms with Gasteiger partial charge in [0.15, 0.2) is 0 Å². The molecule has 0 radical (unpaired) electrons. The number of halogens is 2. The second-order valence-corrected chi connectivity index (χ2v) is 4.91. The lowest BCUT2D eigenvalue weighted by Gasteiger charge is -2.08. The van der Waals surface area contributed by atoms with E-state index in [0.717, 1.165) is 19.0 Å².